The van der Waals surface area contributed by atoms with E-state index in [4.69, 9.17) is 0 Å². The van der Waals surface area contributed by atoms with Gasteiger partial charge in [0.25, 0.3) is 0 Å². The van der Waals surface area contributed by atoms with Crippen LogP contribution in [0, 0.1) is 5.92 Å². The topological polar surface area (TPSA) is 35.5 Å². The van der Waals surface area contributed by atoms with Crippen LogP contribution < -0.4 is 5.32 Å². The zero-order chi connectivity index (χ0) is 10.3. The first-order chi connectivity index (χ1) is 6.06. The van der Waals surface area contributed by atoms with Crippen LogP contribution in [0.3, 0.4) is 0 Å². The van der Waals surface area contributed by atoms with E-state index in [2.05, 4.69) is 31.1 Å². The molecular formula is C10H24N2O. The van der Waals surface area contributed by atoms with Gasteiger partial charge in [-0.15, -0.1) is 0 Å². The lowest BCUT2D eigenvalue weighted by Gasteiger charge is -2.22. The van der Waals surface area contributed by atoms with Crippen molar-refractivity contribution in [3.63, 3.8) is 0 Å². The molecule has 0 aromatic rings. The Bertz CT molecular complexity index is 117. The largest absolute Gasteiger partial charge is 0.390 e. The molecule has 2 N–H and O–H groups in total. The maximum Gasteiger partial charge on any atom is 0.0791 e. The summed E-state index contributed by atoms with van der Waals surface area (Å²) in [6.45, 7) is 9.84. The summed E-state index contributed by atoms with van der Waals surface area (Å²) in [4.78, 5) is 2.17. The number of hydrogen-bond acceptors (Lipinski definition) is 3. The average Bonchev–Trinajstić information content (AvgIpc) is 1.98. The SMILES string of the molecule is CCNCC(O)CN(C)CC(C)C. The Balaban J connectivity index is 3.46. The quantitative estimate of drug-likeness (QED) is 0.612. The molecule has 1 atom stereocenters. The second-order valence-electron chi connectivity index (χ2n) is 4.08. The van der Waals surface area contributed by atoms with Gasteiger partial charge in [-0.25, -0.2) is 0 Å². The van der Waals surface area contributed by atoms with Crippen LogP contribution >= 0.6 is 0 Å². The minimum absolute atomic E-state index is 0.247. The van der Waals surface area contributed by atoms with Gasteiger partial charge < -0.3 is 15.3 Å². The van der Waals surface area contributed by atoms with Crippen molar-refractivity contribution in [1.82, 2.24) is 10.2 Å². The Morgan fingerprint density at radius 3 is 2.38 bits per heavy atom. The Labute approximate surface area is 82.1 Å². The van der Waals surface area contributed by atoms with Crippen molar-refractivity contribution in [2.45, 2.75) is 26.9 Å². The summed E-state index contributed by atoms with van der Waals surface area (Å²) in [5.74, 6) is 0.663. The predicted octanol–water partition coefficient (Wildman–Crippen LogP) is 0.545. The minimum Gasteiger partial charge on any atom is -0.390 e. The molecule has 80 valence electrons. The van der Waals surface area contributed by atoms with Gasteiger partial charge in [0.05, 0.1) is 6.10 Å². The second kappa shape index (κ2) is 7.30. The third-order valence-electron chi connectivity index (χ3n) is 1.83. The summed E-state index contributed by atoms with van der Waals surface area (Å²) >= 11 is 0. The zero-order valence-electron chi connectivity index (χ0n) is 9.38. The molecule has 13 heavy (non-hydrogen) atoms. The van der Waals surface area contributed by atoms with Crippen LogP contribution in [0.4, 0.5) is 0 Å². The maximum absolute atomic E-state index is 9.56. The van der Waals surface area contributed by atoms with Gasteiger partial charge in [0, 0.05) is 19.6 Å². The highest BCUT2D eigenvalue weighted by Gasteiger charge is 2.08. The maximum atomic E-state index is 9.56. The van der Waals surface area contributed by atoms with E-state index < -0.39 is 0 Å². The fraction of sp³-hybridized carbons (Fsp3) is 1.00. The van der Waals surface area contributed by atoms with Crippen molar-refractivity contribution < 1.29 is 5.11 Å². The average molecular weight is 188 g/mol. The molecule has 0 heterocycles. The van der Waals surface area contributed by atoms with Gasteiger partial charge in [-0.1, -0.05) is 20.8 Å². The van der Waals surface area contributed by atoms with Crippen LogP contribution in [-0.4, -0.2) is 49.3 Å². The molecule has 0 amide bonds. The normalized spacial score (nSPS) is 14.1. The smallest absolute Gasteiger partial charge is 0.0791 e. The lowest BCUT2D eigenvalue weighted by molar-refractivity contribution is 0.119. The van der Waals surface area contributed by atoms with Crippen molar-refractivity contribution in [3.8, 4) is 0 Å². The molecule has 0 saturated carbocycles. The highest BCUT2D eigenvalue weighted by Crippen LogP contribution is 1.96. The summed E-state index contributed by atoms with van der Waals surface area (Å²) in [5.41, 5.74) is 0. The Morgan fingerprint density at radius 2 is 1.92 bits per heavy atom. The monoisotopic (exact) mass is 188 g/mol. The van der Waals surface area contributed by atoms with Crippen LogP contribution in [0.2, 0.25) is 0 Å². The van der Waals surface area contributed by atoms with Crippen molar-refractivity contribution >= 4 is 0 Å². The van der Waals surface area contributed by atoms with Gasteiger partial charge in [0.15, 0.2) is 0 Å². The standard InChI is InChI=1S/C10H24N2O/c1-5-11-6-10(13)8-12(4)7-9(2)3/h9-11,13H,5-8H2,1-4H3. The highest BCUT2D eigenvalue weighted by molar-refractivity contribution is 4.64. The van der Waals surface area contributed by atoms with E-state index in [-0.39, 0.29) is 6.10 Å². The summed E-state index contributed by atoms with van der Waals surface area (Å²) in [7, 11) is 2.05. The number of aliphatic hydroxyl groups excluding tert-OH is 1. The molecule has 0 bridgehead atoms. The first-order valence-corrected chi connectivity index (χ1v) is 5.13. The van der Waals surface area contributed by atoms with Crippen molar-refractivity contribution in [2.75, 3.05) is 33.2 Å². The molecule has 0 rings (SSSR count). The number of hydrogen-bond donors (Lipinski definition) is 2. The van der Waals surface area contributed by atoms with Crippen LogP contribution in [0.25, 0.3) is 0 Å². The zero-order valence-corrected chi connectivity index (χ0v) is 9.38. The van der Waals surface area contributed by atoms with Crippen LogP contribution in [-0.2, 0) is 0 Å². The van der Waals surface area contributed by atoms with Crippen molar-refractivity contribution in [1.29, 1.82) is 0 Å². The Morgan fingerprint density at radius 1 is 1.31 bits per heavy atom. The van der Waals surface area contributed by atoms with E-state index in [0.717, 1.165) is 19.6 Å². The number of nitrogens with zero attached hydrogens (tertiary/aromatic N) is 1. The third kappa shape index (κ3) is 8.22. The lowest BCUT2D eigenvalue weighted by atomic mass is 10.2. The molecule has 0 aliphatic rings. The Hall–Kier alpha value is -0.120. The molecular weight excluding hydrogens is 164 g/mol. The second-order valence-corrected chi connectivity index (χ2v) is 4.08. The van der Waals surface area contributed by atoms with Crippen LogP contribution in [0.1, 0.15) is 20.8 Å². The highest BCUT2D eigenvalue weighted by atomic mass is 16.3. The van der Waals surface area contributed by atoms with Gasteiger partial charge in [-0.05, 0) is 19.5 Å². The third-order valence-corrected chi connectivity index (χ3v) is 1.83. The molecule has 0 aromatic heterocycles. The molecule has 0 aliphatic heterocycles. The van der Waals surface area contributed by atoms with Gasteiger partial charge >= 0.3 is 0 Å². The molecule has 0 spiro atoms. The van der Waals surface area contributed by atoms with Crippen molar-refractivity contribution in [2.24, 2.45) is 5.92 Å². The van der Waals surface area contributed by atoms with Gasteiger partial charge in [0.2, 0.25) is 0 Å². The molecule has 0 aromatic carbocycles. The molecule has 3 nitrogen and oxygen atoms in total. The molecule has 0 radical (unpaired) electrons. The van der Waals surface area contributed by atoms with E-state index in [9.17, 15) is 5.11 Å². The summed E-state index contributed by atoms with van der Waals surface area (Å²) in [6, 6.07) is 0. The molecule has 3 heteroatoms. The van der Waals surface area contributed by atoms with E-state index >= 15 is 0 Å². The molecule has 1 unspecified atom stereocenters. The van der Waals surface area contributed by atoms with E-state index in [1.54, 1.807) is 0 Å². The Kier molecular flexibility index (Phi) is 7.23. The van der Waals surface area contributed by atoms with Crippen LogP contribution in [0.5, 0.6) is 0 Å². The van der Waals surface area contributed by atoms with Gasteiger partial charge in [-0.3, -0.25) is 0 Å². The molecule has 0 aliphatic carbocycles. The number of likely N-dealkylation sites (N-methyl/N-ethyl adjacent to an activating group) is 2. The van der Waals surface area contributed by atoms with E-state index in [1.807, 2.05) is 6.92 Å². The molecule has 0 fully saturated rings. The van der Waals surface area contributed by atoms with Crippen molar-refractivity contribution in [3.05, 3.63) is 0 Å². The summed E-state index contributed by atoms with van der Waals surface area (Å²) < 4.78 is 0. The van der Waals surface area contributed by atoms with Gasteiger partial charge in [0.1, 0.15) is 0 Å². The first-order valence-electron chi connectivity index (χ1n) is 5.13. The summed E-state index contributed by atoms with van der Waals surface area (Å²) in [6.07, 6.45) is -0.247. The number of nitrogens with one attached hydrogen (secondary N) is 1. The number of rotatable bonds is 7. The van der Waals surface area contributed by atoms with Gasteiger partial charge in [-0.2, -0.15) is 0 Å². The minimum atomic E-state index is -0.247. The summed E-state index contributed by atoms with van der Waals surface area (Å²) in [5, 5.41) is 12.7. The van der Waals surface area contributed by atoms with E-state index in [1.165, 1.54) is 0 Å². The fourth-order valence-electron chi connectivity index (χ4n) is 1.43. The first kappa shape index (κ1) is 12.9. The molecule has 0 saturated heterocycles. The van der Waals surface area contributed by atoms with E-state index in [0.29, 0.717) is 12.5 Å². The number of aliphatic hydroxyl groups is 1. The fourth-order valence-corrected chi connectivity index (χ4v) is 1.43. The predicted molar refractivity (Wildman–Crippen MR) is 56.9 cm³/mol. The lowest BCUT2D eigenvalue weighted by Crippen LogP contribution is -2.37. The van der Waals surface area contributed by atoms with Crippen LogP contribution in [0.15, 0.2) is 0 Å².